The van der Waals surface area contributed by atoms with Gasteiger partial charge in [-0.1, -0.05) is 13.8 Å². The predicted octanol–water partition coefficient (Wildman–Crippen LogP) is 2.74. The molecule has 1 atom stereocenters. The minimum Gasteiger partial charge on any atom is -0.375 e. The highest BCUT2D eigenvalue weighted by Crippen LogP contribution is 2.37. The van der Waals surface area contributed by atoms with Gasteiger partial charge in [0.2, 0.25) is 0 Å². The van der Waals surface area contributed by atoms with Crippen molar-refractivity contribution in [3.63, 3.8) is 0 Å². The van der Waals surface area contributed by atoms with Crippen molar-refractivity contribution in [1.82, 2.24) is 19.6 Å². The zero-order valence-electron chi connectivity index (χ0n) is 18.7. The van der Waals surface area contributed by atoms with E-state index < -0.39 is 0 Å². The minimum absolute atomic E-state index is 0.00196. The van der Waals surface area contributed by atoms with Gasteiger partial charge in [0.15, 0.2) is 0 Å². The van der Waals surface area contributed by atoms with Gasteiger partial charge in [-0.25, -0.2) is 4.79 Å². The summed E-state index contributed by atoms with van der Waals surface area (Å²) in [4.78, 5) is 22.0. The number of ether oxygens (including phenoxy) is 1. The monoisotopic (exact) mass is 394 g/mol. The van der Waals surface area contributed by atoms with Crippen molar-refractivity contribution in [2.24, 2.45) is 5.92 Å². The summed E-state index contributed by atoms with van der Waals surface area (Å²) in [5, 5.41) is 0. The molecule has 0 radical (unpaired) electrons. The van der Waals surface area contributed by atoms with E-state index in [0.717, 1.165) is 64.4 Å². The number of piperidine rings is 1. The summed E-state index contributed by atoms with van der Waals surface area (Å²) in [6, 6.07) is 0.855. The number of rotatable bonds is 5. The lowest BCUT2D eigenvalue weighted by atomic mass is 9.81. The van der Waals surface area contributed by atoms with E-state index in [0.29, 0.717) is 6.04 Å². The highest BCUT2D eigenvalue weighted by atomic mass is 16.5. The molecule has 28 heavy (non-hydrogen) atoms. The van der Waals surface area contributed by atoms with Gasteiger partial charge in [-0.2, -0.15) is 0 Å². The molecule has 0 aromatic heterocycles. The lowest BCUT2D eigenvalue weighted by Crippen LogP contribution is -2.58. The first-order chi connectivity index (χ1) is 13.5. The van der Waals surface area contributed by atoms with Gasteiger partial charge in [-0.05, 0) is 45.4 Å². The zero-order chi connectivity index (χ0) is 20.1. The van der Waals surface area contributed by atoms with Crippen molar-refractivity contribution >= 4 is 6.03 Å². The molecule has 3 aliphatic rings. The van der Waals surface area contributed by atoms with Crippen LogP contribution >= 0.6 is 0 Å². The second-order valence-electron chi connectivity index (χ2n) is 9.35. The molecule has 0 unspecified atom stereocenters. The van der Waals surface area contributed by atoms with Crippen LogP contribution in [0.5, 0.6) is 0 Å². The van der Waals surface area contributed by atoms with Crippen molar-refractivity contribution in [1.29, 1.82) is 0 Å². The van der Waals surface area contributed by atoms with Gasteiger partial charge in [0.05, 0.1) is 5.60 Å². The summed E-state index contributed by atoms with van der Waals surface area (Å²) in [7, 11) is 0. The highest BCUT2D eigenvalue weighted by Gasteiger charge is 2.43. The molecule has 6 heteroatoms. The number of carbonyl (C=O) groups excluding carboxylic acids is 1. The maximum atomic E-state index is 12.6. The van der Waals surface area contributed by atoms with Crippen LogP contribution in [0.1, 0.15) is 53.4 Å². The maximum absolute atomic E-state index is 12.6. The summed E-state index contributed by atoms with van der Waals surface area (Å²) in [5.41, 5.74) is -0.00196. The molecule has 3 saturated heterocycles. The van der Waals surface area contributed by atoms with Gasteiger partial charge in [0.1, 0.15) is 0 Å². The Morgan fingerprint density at radius 2 is 1.71 bits per heavy atom. The number of likely N-dealkylation sites (tertiary alicyclic amines) is 1. The standard InChI is InChI=1S/C22H42N4O2/c1-5-24(6-2)21(27)26-10-8-22(9-11-26)17-20(7-16-28-22)25-14-12-23(13-15-25)18-19(3)4/h19-20H,5-18H2,1-4H3/t20-/m0/s1. The Bertz CT molecular complexity index is 493. The highest BCUT2D eigenvalue weighted by molar-refractivity contribution is 5.74. The Labute approximate surface area is 172 Å². The fourth-order valence-corrected chi connectivity index (χ4v) is 5.29. The van der Waals surface area contributed by atoms with E-state index in [1.54, 1.807) is 0 Å². The van der Waals surface area contributed by atoms with Crippen molar-refractivity contribution in [3.05, 3.63) is 0 Å². The van der Waals surface area contributed by atoms with E-state index in [2.05, 4.69) is 37.5 Å². The Hall–Kier alpha value is -0.850. The third kappa shape index (κ3) is 5.19. The zero-order valence-corrected chi connectivity index (χ0v) is 18.7. The molecule has 1 spiro atoms. The molecule has 0 N–H and O–H groups in total. The first-order valence-electron chi connectivity index (χ1n) is 11.6. The lowest BCUT2D eigenvalue weighted by Gasteiger charge is -2.50. The molecule has 0 bridgehead atoms. The Morgan fingerprint density at radius 1 is 1.07 bits per heavy atom. The van der Waals surface area contributed by atoms with E-state index in [4.69, 9.17) is 4.74 Å². The fraction of sp³-hybridized carbons (Fsp3) is 0.955. The average molecular weight is 395 g/mol. The predicted molar refractivity (Wildman–Crippen MR) is 114 cm³/mol. The summed E-state index contributed by atoms with van der Waals surface area (Å²) < 4.78 is 6.35. The van der Waals surface area contributed by atoms with Gasteiger partial charge >= 0.3 is 6.03 Å². The quantitative estimate of drug-likeness (QED) is 0.719. The van der Waals surface area contributed by atoms with Crippen LogP contribution in [0.15, 0.2) is 0 Å². The Morgan fingerprint density at radius 3 is 2.29 bits per heavy atom. The first kappa shape index (κ1) is 21.8. The van der Waals surface area contributed by atoms with Crippen molar-refractivity contribution in [3.8, 4) is 0 Å². The second kappa shape index (κ2) is 9.77. The largest absolute Gasteiger partial charge is 0.375 e. The second-order valence-corrected chi connectivity index (χ2v) is 9.35. The van der Waals surface area contributed by atoms with Crippen LogP contribution in [-0.2, 0) is 4.74 Å². The third-order valence-corrected chi connectivity index (χ3v) is 6.99. The number of urea groups is 1. The molecule has 0 saturated carbocycles. The van der Waals surface area contributed by atoms with Crippen LogP contribution in [0.25, 0.3) is 0 Å². The molecule has 0 aliphatic carbocycles. The SMILES string of the molecule is CCN(CC)C(=O)N1CCC2(CC1)C[C@@H](N1CCN(CC(C)C)CC1)CCO2. The molecule has 3 aliphatic heterocycles. The number of hydrogen-bond donors (Lipinski definition) is 0. The molecule has 3 rings (SSSR count). The van der Waals surface area contributed by atoms with E-state index in [-0.39, 0.29) is 11.6 Å². The number of piperazine rings is 1. The van der Waals surface area contributed by atoms with Crippen molar-refractivity contribution in [2.45, 2.75) is 65.0 Å². The molecule has 0 aromatic carbocycles. The summed E-state index contributed by atoms with van der Waals surface area (Å²) in [6.45, 7) is 18.9. The normalized spacial score (nSPS) is 26.8. The Kier molecular flexibility index (Phi) is 7.62. The summed E-state index contributed by atoms with van der Waals surface area (Å²) >= 11 is 0. The van der Waals surface area contributed by atoms with E-state index in [9.17, 15) is 4.79 Å². The molecule has 0 aromatic rings. The van der Waals surface area contributed by atoms with Crippen LogP contribution < -0.4 is 0 Å². The molecule has 6 nitrogen and oxygen atoms in total. The summed E-state index contributed by atoms with van der Waals surface area (Å²) in [5.74, 6) is 0.752. The van der Waals surface area contributed by atoms with E-state index in [1.807, 2.05) is 9.80 Å². The van der Waals surface area contributed by atoms with Crippen LogP contribution in [0.3, 0.4) is 0 Å². The first-order valence-corrected chi connectivity index (χ1v) is 11.6. The average Bonchev–Trinajstić information content (AvgIpc) is 2.69. The molecule has 3 heterocycles. The van der Waals surface area contributed by atoms with Crippen LogP contribution in [-0.4, -0.2) is 103 Å². The van der Waals surface area contributed by atoms with Gasteiger partial charge < -0.3 is 19.4 Å². The Balaban J connectivity index is 1.50. The fourth-order valence-electron chi connectivity index (χ4n) is 5.29. The number of hydrogen-bond acceptors (Lipinski definition) is 4. The molecular weight excluding hydrogens is 352 g/mol. The minimum atomic E-state index is -0.00196. The van der Waals surface area contributed by atoms with Crippen LogP contribution in [0, 0.1) is 5.92 Å². The third-order valence-electron chi connectivity index (χ3n) is 6.99. The number of amides is 2. The summed E-state index contributed by atoms with van der Waals surface area (Å²) in [6.07, 6.45) is 4.28. The smallest absolute Gasteiger partial charge is 0.319 e. The van der Waals surface area contributed by atoms with Crippen molar-refractivity contribution < 1.29 is 9.53 Å². The van der Waals surface area contributed by atoms with Crippen LogP contribution in [0.2, 0.25) is 0 Å². The molecule has 3 fully saturated rings. The van der Waals surface area contributed by atoms with Crippen molar-refractivity contribution in [2.75, 3.05) is 65.5 Å². The van der Waals surface area contributed by atoms with Gasteiger partial charge in [0, 0.05) is 71.6 Å². The number of nitrogens with zero attached hydrogens (tertiary/aromatic N) is 4. The maximum Gasteiger partial charge on any atom is 0.319 e. The number of carbonyl (C=O) groups is 1. The van der Waals surface area contributed by atoms with Gasteiger partial charge in [-0.3, -0.25) is 4.90 Å². The van der Waals surface area contributed by atoms with E-state index in [1.165, 1.54) is 32.7 Å². The molecule has 2 amide bonds. The molecular formula is C22H42N4O2. The lowest BCUT2D eigenvalue weighted by molar-refractivity contribution is -0.132. The van der Waals surface area contributed by atoms with E-state index >= 15 is 0 Å². The van der Waals surface area contributed by atoms with Gasteiger partial charge in [-0.15, -0.1) is 0 Å². The van der Waals surface area contributed by atoms with Gasteiger partial charge in [0.25, 0.3) is 0 Å². The topological polar surface area (TPSA) is 39.3 Å². The molecule has 162 valence electrons. The van der Waals surface area contributed by atoms with Crippen LogP contribution in [0.4, 0.5) is 4.79 Å².